The molecule has 158 valence electrons. The van der Waals surface area contributed by atoms with Gasteiger partial charge < -0.3 is 0 Å². The number of alkyl halides is 6. The van der Waals surface area contributed by atoms with Crippen LogP contribution in [0.2, 0.25) is 10.0 Å². The van der Waals surface area contributed by atoms with Gasteiger partial charge in [-0.1, -0.05) is 23.2 Å². The van der Waals surface area contributed by atoms with Crippen molar-refractivity contribution in [2.75, 3.05) is 6.26 Å². The van der Waals surface area contributed by atoms with Crippen LogP contribution < -0.4 is 0 Å². The zero-order chi connectivity index (χ0) is 22.5. The monoisotopic (exact) mass is 499 g/mol. The molecule has 0 aliphatic carbocycles. The average molecular weight is 500 g/mol. The van der Waals surface area contributed by atoms with Crippen LogP contribution in [-0.2, 0) is 26.8 Å². The third-order valence-corrected chi connectivity index (χ3v) is 6.47. The average Bonchev–Trinajstić information content (AvgIpc) is 2.92. The van der Waals surface area contributed by atoms with Crippen LogP contribution in [0.15, 0.2) is 22.1 Å². The molecule has 0 aliphatic rings. The predicted molar refractivity (Wildman–Crippen MR) is 88.9 cm³/mol. The molecular formula is C13H5Cl2F6N3O3S2. The Kier molecular flexibility index (Phi) is 6.03. The third-order valence-electron chi connectivity index (χ3n) is 3.31. The Bertz CT molecular complexity index is 1140. The van der Waals surface area contributed by atoms with Crippen molar-refractivity contribution in [3.8, 4) is 11.8 Å². The lowest BCUT2D eigenvalue weighted by Gasteiger charge is -2.14. The van der Waals surface area contributed by atoms with Gasteiger partial charge in [-0.15, -0.1) is 0 Å². The molecule has 29 heavy (non-hydrogen) atoms. The minimum atomic E-state index is -6.20. The highest BCUT2D eigenvalue weighted by Gasteiger charge is 2.51. The second-order valence-corrected chi connectivity index (χ2v) is 9.18. The molecule has 1 heterocycles. The number of sulfone groups is 1. The van der Waals surface area contributed by atoms with E-state index in [1.165, 1.54) is 0 Å². The van der Waals surface area contributed by atoms with Crippen molar-refractivity contribution < 1.29 is 39.0 Å². The molecule has 0 amide bonds. The van der Waals surface area contributed by atoms with E-state index in [2.05, 4.69) is 5.10 Å². The van der Waals surface area contributed by atoms with Crippen molar-refractivity contribution in [3.63, 3.8) is 0 Å². The number of hydrogen-bond donors (Lipinski definition) is 0. The molecule has 0 spiro atoms. The molecule has 1 aromatic carbocycles. The maximum atomic E-state index is 13.0. The maximum absolute atomic E-state index is 13.0. The summed E-state index contributed by atoms with van der Waals surface area (Å²) in [5.74, 6) is 0. The number of rotatable bonds is 3. The van der Waals surface area contributed by atoms with Gasteiger partial charge in [-0.05, 0) is 12.1 Å². The summed E-state index contributed by atoms with van der Waals surface area (Å²) in [6.07, 6.45) is -4.11. The van der Waals surface area contributed by atoms with Gasteiger partial charge in [0.1, 0.15) is 16.7 Å². The van der Waals surface area contributed by atoms with E-state index >= 15 is 0 Å². The van der Waals surface area contributed by atoms with Gasteiger partial charge in [-0.2, -0.15) is 36.7 Å². The molecule has 0 fully saturated rings. The summed E-state index contributed by atoms with van der Waals surface area (Å²) in [6, 6.07) is 1.84. The van der Waals surface area contributed by atoms with Gasteiger partial charge in [-0.25, -0.2) is 13.1 Å². The quantitative estimate of drug-likeness (QED) is 0.592. The number of halogens is 8. The standard InChI is InChI=1S/C13H5Cl2F6N3O3S2/c1-28(25)11-10(29(26,27)13(19,20)21)8(4-22)23-24(11)9-6(14)2-5(3-7(9)15)12(16,17)18/h2-3H,1H3. The van der Waals surface area contributed by atoms with Crippen molar-refractivity contribution in [2.45, 2.75) is 21.6 Å². The van der Waals surface area contributed by atoms with E-state index in [1.807, 2.05) is 0 Å². The number of benzene rings is 1. The van der Waals surface area contributed by atoms with Crippen molar-refractivity contribution in [1.82, 2.24) is 9.78 Å². The molecule has 2 aromatic rings. The van der Waals surface area contributed by atoms with Gasteiger partial charge in [0.05, 0.1) is 26.4 Å². The van der Waals surface area contributed by atoms with Crippen LogP contribution in [-0.4, -0.2) is 34.2 Å². The number of aromatic nitrogens is 2. The molecule has 1 unspecified atom stereocenters. The van der Waals surface area contributed by atoms with Crippen LogP contribution in [0.4, 0.5) is 26.3 Å². The fraction of sp³-hybridized carbons (Fsp3) is 0.231. The molecule has 6 nitrogen and oxygen atoms in total. The Morgan fingerprint density at radius 2 is 1.62 bits per heavy atom. The Morgan fingerprint density at radius 1 is 1.14 bits per heavy atom. The van der Waals surface area contributed by atoms with Crippen LogP contribution >= 0.6 is 23.2 Å². The first-order valence-corrected chi connectivity index (χ1v) is 10.6. The first-order valence-electron chi connectivity index (χ1n) is 6.78. The molecule has 0 saturated carbocycles. The van der Waals surface area contributed by atoms with Gasteiger partial charge in [0, 0.05) is 6.26 Å². The molecular weight excluding hydrogens is 495 g/mol. The van der Waals surface area contributed by atoms with Gasteiger partial charge >= 0.3 is 11.7 Å². The van der Waals surface area contributed by atoms with Crippen molar-refractivity contribution >= 4 is 43.8 Å². The van der Waals surface area contributed by atoms with Gasteiger partial charge in [0.2, 0.25) is 0 Å². The Morgan fingerprint density at radius 3 is 1.97 bits per heavy atom. The highest BCUT2D eigenvalue weighted by atomic mass is 35.5. The first-order chi connectivity index (χ1) is 13.0. The van der Waals surface area contributed by atoms with E-state index < -0.39 is 69.2 Å². The number of hydrogen-bond acceptors (Lipinski definition) is 5. The van der Waals surface area contributed by atoms with Gasteiger partial charge in [-0.3, -0.25) is 4.21 Å². The van der Waals surface area contributed by atoms with Crippen LogP contribution in [0.3, 0.4) is 0 Å². The second-order valence-electron chi connectivity index (χ2n) is 5.20. The summed E-state index contributed by atoms with van der Waals surface area (Å²) in [5, 5.41) is 9.66. The van der Waals surface area contributed by atoms with E-state index in [-0.39, 0.29) is 4.68 Å². The number of nitrogens with zero attached hydrogens (tertiary/aromatic N) is 3. The molecule has 0 saturated heterocycles. The van der Waals surface area contributed by atoms with Crippen molar-refractivity contribution in [1.29, 1.82) is 5.26 Å². The minimum absolute atomic E-state index is 0.248. The molecule has 1 aromatic heterocycles. The SMILES string of the molecule is CS(=O)c1c(S(=O)(=O)C(F)(F)F)c(C#N)nn1-c1c(Cl)cc(C(F)(F)F)cc1Cl. The van der Waals surface area contributed by atoms with Crippen molar-refractivity contribution in [3.05, 3.63) is 33.4 Å². The molecule has 2 rings (SSSR count). The van der Waals surface area contributed by atoms with E-state index in [0.29, 0.717) is 12.1 Å². The summed E-state index contributed by atoms with van der Waals surface area (Å²) in [5.41, 5.74) is -9.17. The smallest absolute Gasteiger partial charge is 0.253 e. The van der Waals surface area contributed by atoms with Gasteiger partial charge in [0.15, 0.2) is 10.7 Å². The highest BCUT2D eigenvalue weighted by molar-refractivity contribution is 7.93. The van der Waals surface area contributed by atoms with E-state index in [4.69, 9.17) is 28.5 Å². The van der Waals surface area contributed by atoms with Crippen LogP contribution in [0.25, 0.3) is 5.69 Å². The lowest BCUT2D eigenvalue weighted by atomic mass is 10.2. The Labute approximate surface area is 171 Å². The zero-order valence-corrected chi connectivity index (χ0v) is 16.7. The lowest BCUT2D eigenvalue weighted by molar-refractivity contribution is -0.137. The van der Waals surface area contributed by atoms with E-state index in [1.54, 1.807) is 0 Å². The second kappa shape index (κ2) is 7.46. The molecule has 0 radical (unpaired) electrons. The molecule has 0 N–H and O–H groups in total. The van der Waals surface area contributed by atoms with Crippen molar-refractivity contribution in [2.24, 2.45) is 0 Å². The summed E-state index contributed by atoms with van der Waals surface area (Å²) in [7, 11) is -8.73. The number of nitriles is 1. The maximum Gasteiger partial charge on any atom is 0.502 e. The normalized spacial score (nSPS) is 13.9. The fourth-order valence-electron chi connectivity index (χ4n) is 2.15. The summed E-state index contributed by atoms with van der Waals surface area (Å²) >= 11 is 11.5. The Hall–Kier alpha value is -1.82. The molecule has 0 bridgehead atoms. The van der Waals surface area contributed by atoms with Crippen LogP contribution in [0.5, 0.6) is 0 Å². The molecule has 16 heteroatoms. The lowest BCUT2D eigenvalue weighted by Crippen LogP contribution is -2.25. The van der Waals surface area contributed by atoms with E-state index in [0.717, 1.165) is 12.3 Å². The fourth-order valence-corrected chi connectivity index (χ4v) is 5.11. The van der Waals surface area contributed by atoms with Crippen LogP contribution in [0.1, 0.15) is 11.3 Å². The predicted octanol–water partition coefficient (Wildman–Crippen LogP) is 4.10. The van der Waals surface area contributed by atoms with E-state index in [9.17, 15) is 39.0 Å². The molecule has 1 atom stereocenters. The van der Waals surface area contributed by atoms with Crippen LogP contribution in [0, 0.1) is 11.3 Å². The zero-order valence-electron chi connectivity index (χ0n) is 13.6. The first kappa shape index (κ1) is 23.5. The topological polar surface area (TPSA) is 92.8 Å². The minimum Gasteiger partial charge on any atom is -0.253 e. The summed E-state index contributed by atoms with van der Waals surface area (Å²) in [4.78, 5) is -1.71. The summed E-state index contributed by atoms with van der Waals surface area (Å²) in [6.45, 7) is 0. The van der Waals surface area contributed by atoms with Gasteiger partial charge in [0.25, 0.3) is 9.84 Å². The third kappa shape index (κ3) is 4.09. The Balaban J connectivity index is 2.98. The molecule has 0 aliphatic heterocycles. The highest BCUT2D eigenvalue weighted by Crippen LogP contribution is 2.41. The summed E-state index contributed by atoms with van der Waals surface area (Å²) < 4.78 is 114. The largest absolute Gasteiger partial charge is 0.502 e.